The molecule has 130 valence electrons. The third-order valence-electron chi connectivity index (χ3n) is 3.83. The average Bonchev–Trinajstić information content (AvgIpc) is 2.60. The number of nitrogens with one attached hydrogen (secondary N) is 1. The van der Waals surface area contributed by atoms with Gasteiger partial charge in [0.05, 0.1) is 12.6 Å². The van der Waals surface area contributed by atoms with E-state index in [1.165, 1.54) is 24.3 Å². The lowest BCUT2D eigenvalue weighted by molar-refractivity contribution is -0.129. The highest BCUT2D eigenvalue weighted by Crippen LogP contribution is 2.22. The molecule has 5 nitrogen and oxygen atoms in total. The zero-order valence-electron chi connectivity index (χ0n) is 13.2. The predicted molar refractivity (Wildman–Crippen MR) is 92.3 cm³/mol. The summed E-state index contributed by atoms with van der Waals surface area (Å²) in [6.45, 7) is 0.426. The van der Waals surface area contributed by atoms with Gasteiger partial charge in [0, 0.05) is 22.8 Å². The van der Waals surface area contributed by atoms with Crippen molar-refractivity contribution in [3.63, 3.8) is 0 Å². The van der Waals surface area contributed by atoms with Crippen LogP contribution in [0, 0.1) is 5.82 Å². The Bertz CT molecular complexity index is 799. The number of nitrogens with zero attached hydrogens (tertiary/aromatic N) is 1. The Labute approximate surface area is 149 Å². The second-order valence-electron chi connectivity index (χ2n) is 5.64. The van der Waals surface area contributed by atoms with Crippen LogP contribution < -0.4 is 10.2 Å². The van der Waals surface area contributed by atoms with Gasteiger partial charge in [-0.3, -0.25) is 9.59 Å². The van der Waals surface area contributed by atoms with Crippen LogP contribution in [0.15, 0.2) is 48.5 Å². The van der Waals surface area contributed by atoms with Crippen LogP contribution in [-0.4, -0.2) is 37.6 Å². The molecular formula is C18H16ClFN2O3. The van der Waals surface area contributed by atoms with Gasteiger partial charge in [-0.2, -0.15) is 0 Å². The van der Waals surface area contributed by atoms with Gasteiger partial charge in [-0.25, -0.2) is 4.39 Å². The summed E-state index contributed by atoms with van der Waals surface area (Å²) in [6.07, 6.45) is -0.366. The number of benzene rings is 2. The Balaban J connectivity index is 1.62. The molecule has 0 bridgehead atoms. The van der Waals surface area contributed by atoms with Gasteiger partial charge in [0.1, 0.15) is 12.4 Å². The van der Waals surface area contributed by atoms with Crippen LogP contribution in [-0.2, 0) is 9.53 Å². The predicted octanol–water partition coefficient (Wildman–Crippen LogP) is 2.64. The standard InChI is InChI=1S/C18H16ClFN2O3/c19-13-4-2-6-15(8-13)22-10-16(25-11-17(22)23)9-21-18(24)12-3-1-5-14(20)7-12/h1-8,16H,9-11H2,(H,21,24). The smallest absolute Gasteiger partial charge is 0.253 e. The summed E-state index contributed by atoms with van der Waals surface area (Å²) in [5, 5.41) is 3.23. The molecule has 0 saturated carbocycles. The normalized spacial score (nSPS) is 17.4. The lowest BCUT2D eigenvalue weighted by Gasteiger charge is -2.33. The van der Waals surface area contributed by atoms with E-state index in [2.05, 4.69) is 5.32 Å². The monoisotopic (exact) mass is 362 g/mol. The number of anilines is 1. The SMILES string of the molecule is O=C(NCC1CN(c2cccc(Cl)c2)C(=O)CO1)c1cccc(F)c1. The molecule has 1 unspecified atom stereocenters. The fourth-order valence-electron chi connectivity index (χ4n) is 2.58. The van der Waals surface area contributed by atoms with Gasteiger partial charge in [-0.1, -0.05) is 23.7 Å². The highest BCUT2D eigenvalue weighted by Gasteiger charge is 2.27. The molecule has 2 amide bonds. The summed E-state index contributed by atoms with van der Waals surface area (Å²) in [7, 11) is 0. The van der Waals surface area contributed by atoms with Crippen LogP contribution >= 0.6 is 11.6 Å². The number of amides is 2. The highest BCUT2D eigenvalue weighted by atomic mass is 35.5. The molecule has 3 rings (SSSR count). The van der Waals surface area contributed by atoms with E-state index < -0.39 is 11.7 Å². The van der Waals surface area contributed by atoms with Crippen LogP contribution in [0.5, 0.6) is 0 Å². The van der Waals surface area contributed by atoms with Crippen LogP contribution in [0.2, 0.25) is 5.02 Å². The summed E-state index contributed by atoms with van der Waals surface area (Å²) in [4.78, 5) is 25.7. The molecule has 0 radical (unpaired) electrons. The van der Waals surface area contributed by atoms with E-state index in [9.17, 15) is 14.0 Å². The van der Waals surface area contributed by atoms with E-state index in [1.54, 1.807) is 29.2 Å². The van der Waals surface area contributed by atoms with Crippen LogP contribution in [0.4, 0.5) is 10.1 Å². The number of ether oxygens (including phenoxy) is 1. The molecule has 1 saturated heterocycles. The molecule has 1 atom stereocenters. The second-order valence-corrected chi connectivity index (χ2v) is 6.07. The minimum atomic E-state index is -0.473. The molecule has 0 aliphatic carbocycles. The third-order valence-corrected chi connectivity index (χ3v) is 4.06. The first kappa shape index (κ1) is 17.4. The van der Waals surface area contributed by atoms with Gasteiger partial charge < -0.3 is 15.0 Å². The minimum Gasteiger partial charge on any atom is -0.365 e. The molecule has 1 aliphatic rings. The Morgan fingerprint density at radius 2 is 2.08 bits per heavy atom. The number of morpholine rings is 1. The first-order chi connectivity index (χ1) is 12.0. The summed E-state index contributed by atoms with van der Waals surface area (Å²) < 4.78 is 18.6. The molecule has 2 aromatic rings. The van der Waals surface area contributed by atoms with Crippen molar-refractivity contribution in [2.45, 2.75) is 6.10 Å². The zero-order chi connectivity index (χ0) is 17.8. The number of carbonyl (C=O) groups excluding carboxylic acids is 2. The molecule has 1 fully saturated rings. The van der Waals surface area contributed by atoms with E-state index in [-0.39, 0.29) is 30.7 Å². The quantitative estimate of drug-likeness (QED) is 0.909. The number of hydrogen-bond acceptors (Lipinski definition) is 3. The van der Waals surface area contributed by atoms with E-state index >= 15 is 0 Å². The van der Waals surface area contributed by atoms with Crippen LogP contribution in [0.25, 0.3) is 0 Å². The van der Waals surface area contributed by atoms with E-state index in [4.69, 9.17) is 16.3 Å². The lowest BCUT2D eigenvalue weighted by Crippen LogP contribution is -2.50. The summed E-state index contributed by atoms with van der Waals surface area (Å²) in [5.41, 5.74) is 0.917. The molecular weight excluding hydrogens is 347 g/mol. The van der Waals surface area contributed by atoms with Crippen molar-refractivity contribution in [2.75, 3.05) is 24.6 Å². The van der Waals surface area contributed by atoms with Crippen molar-refractivity contribution < 1.29 is 18.7 Å². The average molecular weight is 363 g/mol. The van der Waals surface area contributed by atoms with Crippen molar-refractivity contribution >= 4 is 29.1 Å². The molecule has 0 spiro atoms. The van der Waals surface area contributed by atoms with E-state index in [0.717, 1.165) is 0 Å². The number of carbonyl (C=O) groups is 2. The summed E-state index contributed by atoms with van der Waals surface area (Å²) in [5.74, 6) is -1.04. The van der Waals surface area contributed by atoms with Crippen molar-refractivity contribution in [3.8, 4) is 0 Å². The van der Waals surface area contributed by atoms with Crippen molar-refractivity contribution in [2.24, 2.45) is 0 Å². The maximum atomic E-state index is 13.2. The van der Waals surface area contributed by atoms with Gasteiger partial charge >= 0.3 is 0 Å². The molecule has 1 aliphatic heterocycles. The number of hydrogen-bond donors (Lipinski definition) is 1. The summed E-state index contributed by atoms with van der Waals surface area (Å²) >= 11 is 5.97. The Morgan fingerprint density at radius 3 is 2.84 bits per heavy atom. The Kier molecular flexibility index (Phi) is 5.31. The molecule has 0 aromatic heterocycles. The lowest BCUT2D eigenvalue weighted by atomic mass is 10.2. The number of halogens is 2. The van der Waals surface area contributed by atoms with Gasteiger partial charge in [0.2, 0.25) is 0 Å². The van der Waals surface area contributed by atoms with Gasteiger partial charge in [0.25, 0.3) is 11.8 Å². The topological polar surface area (TPSA) is 58.6 Å². The first-order valence-corrected chi connectivity index (χ1v) is 8.12. The van der Waals surface area contributed by atoms with Crippen molar-refractivity contribution in [1.29, 1.82) is 0 Å². The van der Waals surface area contributed by atoms with Gasteiger partial charge in [-0.05, 0) is 36.4 Å². The first-order valence-electron chi connectivity index (χ1n) is 7.74. The minimum absolute atomic E-state index is 0.0764. The maximum absolute atomic E-state index is 13.2. The Morgan fingerprint density at radius 1 is 1.28 bits per heavy atom. The fraction of sp³-hybridized carbons (Fsp3) is 0.222. The molecule has 1 N–H and O–H groups in total. The number of rotatable bonds is 4. The summed E-state index contributed by atoms with van der Waals surface area (Å²) in [6, 6.07) is 12.4. The zero-order valence-corrected chi connectivity index (χ0v) is 14.0. The fourth-order valence-corrected chi connectivity index (χ4v) is 2.76. The second kappa shape index (κ2) is 7.63. The van der Waals surface area contributed by atoms with Gasteiger partial charge in [0.15, 0.2) is 0 Å². The van der Waals surface area contributed by atoms with Crippen molar-refractivity contribution in [1.82, 2.24) is 5.32 Å². The largest absolute Gasteiger partial charge is 0.365 e. The molecule has 1 heterocycles. The van der Waals surface area contributed by atoms with Crippen LogP contribution in [0.1, 0.15) is 10.4 Å². The van der Waals surface area contributed by atoms with Crippen LogP contribution in [0.3, 0.4) is 0 Å². The third kappa shape index (κ3) is 4.35. The molecule has 2 aromatic carbocycles. The molecule has 7 heteroatoms. The molecule has 25 heavy (non-hydrogen) atoms. The maximum Gasteiger partial charge on any atom is 0.253 e. The Hall–Kier alpha value is -2.44. The van der Waals surface area contributed by atoms with Crippen molar-refractivity contribution in [3.05, 3.63) is 64.9 Å². The highest BCUT2D eigenvalue weighted by molar-refractivity contribution is 6.30. The van der Waals surface area contributed by atoms with E-state index in [0.29, 0.717) is 17.3 Å². The van der Waals surface area contributed by atoms with Gasteiger partial charge in [-0.15, -0.1) is 0 Å². The van der Waals surface area contributed by atoms with E-state index in [1.807, 2.05) is 0 Å².